The van der Waals surface area contributed by atoms with Crippen molar-refractivity contribution in [1.29, 1.82) is 0 Å². The van der Waals surface area contributed by atoms with E-state index in [4.69, 9.17) is 5.73 Å². The number of anilines is 2. The van der Waals surface area contributed by atoms with E-state index >= 15 is 0 Å². The highest BCUT2D eigenvalue weighted by Gasteiger charge is 2.15. The molecule has 4 nitrogen and oxygen atoms in total. The van der Waals surface area contributed by atoms with E-state index in [2.05, 4.69) is 5.32 Å². The maximum Gasteiger partial charge on any atom is 0.272 e. The number of aromatic nitrogens is 1. The van der Waals surface area contributed by atoms with Crippen molar-refractivity contribution in [2.45, 2.75) is 19.9 Å². The Bertz CT molecular complexity index is 801. The Morgan fingerprint density at radius 3 is 2.86 bits per heavy atom. The van der Waals surface area contributed by atoms with Crippen LogP contribution in [0.2, 0.25) is 0 Å². The quantitative estimate of drug-likeness (QED) is 0.764. The number of nitrogens with one attached hydrogen (secondary N) is 1. The molecule has 0 radical (unpaired) electrons. The smallest absolute Gasteiger partial charge is 0.272 e. The van der Waals surface area contributed by atoms with Crippen molar-refractivity contribution in [2.24, 2.45) is 0 Å². The lowest BCUT2D eigenvalue weighted by atomic mass is 10.2. The molecule has 3 aromatic rings. The lowest BCUT2D eigenvalue weighted by Gasteiger charge is -2.12. The Balaban J connectivity index is 1.88. The van der Waals surface area contributed by atoms with Crippen molar-refractivity contribution in [2.75, 3.05) is 11.1 Å². The highest BCUT2D eigenvalue weighted by molar-refractivity contribution is 7.17. The van der Waals surface area contributed by atoms with Crippen LogP contribution in [-0.2, 0) is 0 Å². The van der Waals surface area contributed by atoms with Crippen molar-refractivity contribution in [3.05, 3.63) is 47.6 Å². The number of carbonyl (C=O) groups excluding carboxylic acids is 1. The first-order valence-electron chi connectivity index (χ1n) is 6.80. The van der Waals surface area contributed by atoms with Crippen LogP contribution in [0.4, 0.5) is 11.4 Å². The molecule has 1 amide bonds. The third kappa shape index (κ3) is 2.64. The molecule has 0 aliphatic heterocycles. The number of rotatable bonds is 3. The van der Waals surface area contributed by atoms with Gasteiger partial charge in [-0.3, -0.25) is 4.79 Å². The van der Waals surface area contributed by atoms with E-state index < -0.39 is 0 Å². The highest BCUT2D eigenvalue weighted by Crippen LogP contribution is 2.25. The summed E-state index contributed by atoms with van der Waals surface area (Å²) < 4.78 is 3.09. The standard InChI is InChI=1S/C16H17N3OS/c1-10(2)19-9-12(17)8-14(19)16(20)18-13-3-4-15-11(7-13)5-6-21-15/h3-10H,17H2,1-2H3,(H,18,20). The fourth-order valence-electron chi connectivity index (χ4n) is 2.35. The van der Waals surface area contributed by atoms with E-state index in [1.54, 1.807) is 23.6 Å². The van der Waals surface area contributed by atoms with Crippen LogP contribution in [0.25, 0.3) is 10.1 Å². The monoisotopic (exact) mass is 299 g/mol. The number of carbonyl (C=O) groups is 1. The van der Waals surface area contributed by atoms with E-state index in [0.29, 0.717) is 11.4 Å². The second-order valence-corrected chi connectivity index (χ2v) is 6.23. The minimum absolute atomic E-state index is 0.144. The number of fused-ring (bicyclic) bond motifs is 1. The first kappa shape index (κ1) is 13.7. The van der Waals surface area contributed by atoms with Crippen molar-refractivity contribution < 1.29 is 4.79 Å². The van der Waals surface area contributed by atoms with Crippen LogP contribution in [0.1, 0.15) is 30.4 Å². The van der Waals surface area contributed by atoms with Gasteiger partial charge in [0.2, 0.25) is 0 Å². The molecule has 0 unspecified atom stereocenters. The van der Waals surface area contributed by atoms with Gasteiger partial charge in [0.15, 0.2) is 0 Å². The van der Waals surface area contributed by atoms with Gasteiger partial charge in [-0.1, -0.05) is 0 Å². The average Bonchev–Trinajstić information content (AvgIpc) is 3.04. The van der Waals surface area contributed by atoms with E-state index in [0.717, 1.165) is 11.1 Å². The Morgan fingerprint density at radius 1 is 1.29 bits per heavy atom. The number of hydrogen-bond acceptors (Lipinski definition) is 3. The van der Waals surface area contributed by atoms with Gasteiger partial charge in [0.25, 0.3) is 5.91 Å². The molecule has 3 rings (SSSR count). The average molecular weight is 299 g/mol. The minimum Gasteiger partial charge on any atom is -0.397 e. The van der Waals surface area contributed by atoms with Crippen molar-refractivity contribution in [3.63, 3.8) is 0 Å². The predicted octanol–water partition coefficient (Wildman–Crippen LogP) is 4.12. The number of nitrogen functional groups attached to an aromatic ring is 1. The van der Waals surface area contributed by atoms with Gasteiger partial charge < -0.3 is 15.6 Å². The first-order chi connectivity index (χ1) is 10.0. The fourth-order valence-corrected chi connectivity index (χ4v) is 3.12. The topological polar surface area (TPSA) is 60.0 Å². The number of benzene rings is 1. The summed E-state index contributed by atoms with van der Waals surface area (Å²) in [5.41, 5.74) is 7.78. The van der Waals surface area contributed by atoms with Crippen LogP contribution in [0.15, 0.2) is 41.9 Å². The van der Waals surface area contributed by atoms with E-state index in [1.807, 2.05) is 48.1 Å². The molecule has 0 aliphatic carbocycles. The minimum atomic E-state index is -0.144. The molecule has 5 heteroatoms. The van der Waals surface area contributed by atoms with Crippen LogP contribution in [0.3, 0.4) is 0 Å². The summed E-state index contributed by atoms with van der Waals surface area (Å²) in [4.78, 5) is 12.4. The second-order valence-electron chi connectivity index (χ2n) is 5.29. The van der Waals surface area contributed by atoms with Gasteiger partial charge in [0.1, 0.15) is 5.69 Å². The largest absolute Gasteiger partial charge is 0.397 e. The molecular formula is C16H17N3OS. The zero-order valence-electron chi connectivity index (χ0n) is 12.0. The summed E-state index contributed by atoms with van der Waals surface area (Å²) in [6, 6.07) is 9.86. The van der Waals surface area contributed by atoms with E-state index in [9.17, 15) is 4.79 Å². The third-order valence-electron chi connectivity index (χ3n) is 3.37. The zero-order valence-corrected chi connectivity index (χ0v) is 12.8. The van der Waals surface area contributed by atoms with Crippen molar-refractivity contribution in [1.82, 2.24) is 4.57 Å². The van der Waals surface area contributed by atoms with Gasteiger partial charge in [-0.25, -0.2) is 0 Å². The summed E-state index contributed by atoms with van der Waals surface area (Å²) >= 11 is 1.69. The van der Waals surface area contributed by atoms with Crippen molar-refractivity contribution >= 4 is 38.7 Å². The highest BCUT2D eigenvalue weighted by atomic mass is 32.1. The molecule has 0 atom stereocenters. The Labute approximate surface area is 127 Å². The molecule has 0 saturated carbocycles. The van der Waals surface area contributed by atoms with Gasteiger partial charge in [0, 0.05) is 22.6 Å². The number of amides is 1. The Kier molecular flexibility index (Phi) is 3.43. The molecule has 0 aliphatic rings. The summed E-state index contributed by atoms with van der Waals surface area (Å²) in [5.74, 6) is -0.144. The van der Waals surface area contributed by atoms with Gasteiger partial charge in [-0.15, -0.1) is 11.3 Å². The van der Waals surface area contributed by atoms with Crippen LogP contribution in [-0.4, -0.2) is 10.5 Å². The number of nitrogens with two attached hydrogens (primary N) is 1. The first-order valence-corrected chi connectivity index (χ1v) is 7.68. The lowest BCUT2D eigenvalue weighted by Crippen LogP contribution is -2.17. The molecule has 3 N–H and O–H groups in total. The van der Waals surface area contributed by atoms with Crippen LogP contribution >= 0.6 is 11.3 Å². The Hall–Kier alpha value is -2.27. The van der Waals surface area contributed by atoms with Gasteiger partial charge in [-0.2, -0.15) is 0 Å². The predicted molar refractivity (Wildman–Crippen MR) is 89.0 cm³/mol. The lowest BCUT2D eigenvalue weighted by molar-refractivity contribution is 0.101. The number of hydrogen-bond donors (Lipinski definition) is 2. The molecule has 0 saturated heterocycles. The molecule has 108 valence electrons. The number of thiophene rings is 1. The van der Waals surface area contributed by atoms with E-state index in [-0.39, 0.29) is 11.9 Å². The summed E-state index contributed by atoms with van der Waals surface area (Å²) in [5, 5.41) is 6.12. The van der Waals surface area contributed by atoms with Crippen LogP contribution in [0.5, 0.6) is 0 Å². The summed E-state index contributed by atoms with van der Waals surface area (Å²) in [6.45, 7) is 4.04. The van der Waals surface area contributed by atoms with Gasteiger partial charge in [-0.05, 0) is 54.9 Å². The molecule has 0 fully saturated rings. The summed E-state index contributed by atoms with van der Waals surface area (Å²) in [7, 11) is 0. The number of nitrogens with zero attached hydrogens (tertiary/aromatic N) is 1. The third-order valence-corrected chi connectivity index (χ3v) is 4.27. The maximum absolute atomic E-state index is 12.4. The van der Waals surface area contributed by atoms with E-state index in [1.165, 1.54) is 4.70 Å². The molecule has 21 heavy (non-hydrogen) atoms. The maximum atomic E-state index is 12.4. The second kappa shape index (κ2) is 5.26. The molecule has 0 spiro atoms. The summed E-state index contributed by atoms with van der Waals surface area (Å²) in [6.07, 6.45) is 1.79. The Morgan fingerprint density at radius 2 is 2.10 bits per heavy atom. The van der Waals surface area contributed by atoms with Crippen LogP contribution in [0, 0.1) is 0 Å². The normalized spacial score (nSPS) is 11.2. The van der Waals surface area contributed by atoms with Crippen molar-refractivity contribution in [3.8, 4) is 0 Å². The van der Waals surface area contributed by atoms with Crippen LogP contribution < -0.4 is 11.1 Å². The molecular weight excluding hydrogens is 282 g/mol. The molecule has 1 aromatic carbocycles. The van der Waals surface area contributed by atoms with Gasteiger partial charge in [0.05, 0.1) is 5.69 Å². The molecule has 2 heterocycles. The zero-order chi connectivity index (χ0) is 15.0. The van der Waals surface area contributed by atoms with Gasteiger partial charge >= 0.3 is 0 Å². The fraction of sp³-hybridized carbons (Fsp3) is 0.188. The molecule has 2 aromatic heterocycles. The SMILES string of the molecule is CC(C)n1cc(N)cc1C(=O)Nc1ccc2sccc2c1. The molecule has 0 bridgehead atoms.